The first-order chi connectivity index (χ1) is 5.70. The number of urea groups is 1. The van der Waals surface area contributed by atoms with E-state index in [4.69, 9.17) is 0 Å². The molecule has 0 rings (SSSR count). The monoisotopic (exact) mass is 191 g/mol. The lowest BCUT2D eigenvalue weighted by Crippen LogP contribution is -2.34. The van der Waals surface area contributed by atoms with E-state index in [1.54, 1.807) is 14.1 Å². The largest absolute Gasteiger partial charge is 0.350 e. The van der Waals surface area contributed by atoms with Crippen molar-refractivity contribution in [3.05, 3.63) is 0 Å². The number of hydrogen-bond acceptors (Lipinski definition) is 3. The van der Waals surface area contributed by atoms with E-state index < -0.39 is 0 Å². The first-order valence-electron chi connectivity index (χ1n) is 3.50. The van der Waals surface area contributed by atoms with Gasteiger partial charge in [-0.3, -0.25) is 4.79 Å². The Kier molecular flexibility index (Phi) is 6.26. The molecule has 3 N–H and O–H groups in total. The van der Waals surface area contributed by atoms with Crippen molar-refractivity contribution in [2.24, 2.45) is 0 Å². The maximum atomic E-state index is 10.6. The standard InChI is InChI=1S/C6H13N3O2S/c1-7-5(10)9-3-4-12-6(11)8-2/h3-4H2,1-2H3,(H,8,11)(H2,7,9,10). The molecule has 0 fully saturated rings. The van der Waals surface area contributed by atoms with Crippen LogP contribution in [-0.2, 0) is 0 Å². The lowest BCUT2D eigenvalue weighted by atomic mass is 10.7. The van der Waals surface area contributed by atoms with Crippen LogP contribution in [0.1, 0.15) is 0 Å². The lowest BCUT2D eigenvalue weighted by Gasteiger charge is -2.02. The second kappa shape index (κ2) is 6.78. The van der Waals surface area contributed by atoms with E-state index in [-0.39, 0.29) is 11.3 Å². The molecule has 0 aliphatic carbocycles. The highest BCUT2D eigenvalue weighted by atomic mass is 32.2. The summed E-state index contributed by atoms with van der Waals surface area (Å²) in [6.07, 6.45) is 0. The zero-order valence-corrected chi connectivity index (χ0v) is 7.96. The first kappa shape index (κ1) is 11.1. The molecule has 0 radical (unpaired) electrons. The van der Waals surface area contributed by atoms with Crippen LogP contribution in [0.2, 0.25) is 0 Å². The molecule has 6 heteroatoms. The minimum atomic E-state index is -0.229. The second-order valence-electron chi connectivity index (χ2n) is 1.89. The predicted octanol–water partition coefficient (Wildman–Crippen LogP) is -0.0120. The molecular weight excluding hydrogens is 178 g/mol. The molecule has 0 aliphatic heterocycles. The summed E-state index contributed by atoms with van der Waals surface area (Å²) >= 11 is 1.14. The van der Waals surface area contributed by atoms with Gasteiger partial charge in [-0.25, -0.2) is 4.79 Å². The summed E-state index contributed by atoms with van der Waals surface area (Å²) in [5.41, 5.74) is 0. The molecule has 0 bridgehead atoms. The molecule has 0 atom stereocenters. The average molecular weight is 191 g/mol. The summed E-state index contributed by atoms with van der Waals surface area (Å²) < 4.78 is 0. The van der Waals surface area contributed by atoms with Crippen molar-refractivity contribution in [3.63, 3.8) is 0 Å². The van der Waals surface area contributed by atoms with E-state index in [0.29, 0.717) is 12.3 Å². The Bertz CT molecular complexity index is 145. The normalized spacial score (nSPS) is 8.83. The summed E-state index contributed by atoms with van der Waals surface area (Å²) in [5.74, 6) is 0.576. The van der Waals surface area contributed by atoms with E-state index in [1.165, 1.54) is 0 Å². The number of hydrogen-bond donors (Lipinski definition) is 3. The summed E-state index contributed by atoms with van der Waals surface area (Å²) in [4.78, 5) is 21.2. The highest BCUT2D eigenvalue weighted by molar-refractivity contribution is 8.13. The number of nitrogens with one attached hydrogen (secondary N) is 3. The van der Waals surface area contributed by atoms with E-state index in [0.717, 1.165) is 11.8 Å². The van der Waals surface area contributed by atoms with E-state index >= 15 is 0 Å². The van der Waals surface area contributed by atoms with Crippen LogP contribution in [-0.4, -0.2) is 37.7 Å². The van der Waals surface area contributed by atoms with Crippen molar-refractivity contribution >= 4 is 23.0 Å². The Hall–Kier alpha value is -0.910. The van der Waals surface area contributed by atoms with Crippen molar-refractivity contribution in [1.82, 2.24) is 16.0 Å². The summed E-state index contributed by atoms with van der Waals surface area (Å²) in [5, 5.41) is 7.34. The molecule has 0 aromatic heterocycles. The fourth-order valence-electron chi connectivity index (χ4n) is 0.469. The van der Waals surface area contributed by atoms with Gasteiger partial charge in [-0.15, -0.1) is 0 Å². The van der Waals surface area contributed by atoms with Gasteiger partial charge in [-0.1, -0.05) is 11.8 Å². The molecule has 0 heterocycles. The van der Waals surface area contributed by atoms with Crippen molar-refractivity contribution in [1.29, 1.82) is 0 Å². The average Bonchev–Trinajstić information content (AvgIpc) is 2.11. The van der Waals surface area contributed by atoms with E-state index in [1.807, 2.05) is 0 Å². The summed E-state index contributed by atoms with van der Waals surface area (Å²) in [6.45, 7) is 0.484. The maximum absolute atomic E-state index is 10.6. The second-order valence-corrected chi connectivity index (χ2v) is 2.96. The van der Waals surface area contributed by atoms with Crippen LogP contribution in [0.25, 0.3) is 0 Å². The summed E-state index contributed by atoms with van der Waals surface area (Å²) in [7, 11) is 3.11. The number of amides is 3. The van der Waals surface area contributed by atoms with Gasteiger partial charge in [0.05, 0.1) is 0 Å². The Morgan fingerprint density at radius 3 is 2.42 bits per heavy atom. The Balaban J connectivity index is 3.21. The highest BCUT2D eigenvalue weighted by Gasteiger charge is 1.98. The number of carbonyl (C=O) groups is 2. The van der Waals surface area contributed by atoms with Crippen LogP contribution in [0, 0.1) is 0 Å². The third-order valence-electron chi connectivity index (χ3n) is 1.05. The lowest BCUT2D eigenvalue weighted by molar-refractivity contribution is 0.243. The van der Waals surface area contributed by atoms with Crippen molar-refractivity contribution in [2.75, 3.05) is 26.4 Å². The molecule has 0 spiro atoms. The highest BCUT2D eigenvalue weighted by Crippen LogP contribution is 1.97. The third kappa shape index (κ3) is 5.84. The van der Waals surface area contributed by atoms with Gasteiger partial charge in [0.1, 0.15) is 0 Å². The molecule has 0 unspecified atom stereocenters. The van der Waals surface area contributed by atoms with Crippen LogP contribution in [0.4, 0.5) is 9.59 Å². The fourth-order valence-corrected chi connectivity index (χ4v) is 1.00. The zero-order valence-electron chi connectivity index (χ0n) is 7.14. The van der Waals surface area contributed by atoms with E-state index in [9.17, 15) is 9.59 Å². The molecule has 0 saturated heterocycles. The van der Waals surface area contributed by atoms with Crippen LogP contribution >= 0.6 is 11.8 Å². The topological polar surface area (TPSA) is 70.2 Å². The molecule has 12 heavy (non-hydrogen) atoms. The minimum Gasteiger partial charge on any atom is -0.350 e. The van der Waals surface area contributed by atoms with Crippen molar-refractivity contribution in [2.45, 2.75) is 0 Å². The molecule has 5 nitrogen and oxygen atoms in total. The van der Waals surface area contributed by atoms with E-state index in [2.05, 4.69) is 16.0 Å². The smallest absolute Gasteiger partial charge is 0.314 e. The number of thioether (sulfide) groups is 1. The van der Waals surface area contributed by atoms with Gasteiger partial charge in [0, 0.05) is 26.4 Å². The molecule has 0 aliphatic rings. The van der Waals surface area contributed by atoms with Crippen LogP contribution in [0.5, 0.6) is 0 Å². The SMILES string of the molecule is CNC(=O)NCCSC(=O)NC. The molecule has 0 aromatic carbocycles. The zero-order chi connectivity index (χ0) is 9.40. The summed E-state index contributed by atoms with van der Waals surface area (Å²) in [6, 6.07) is -0.229. The molecule has 70 valence electrons. The van der Waals surface area contributed by atoms with Crippen LogP contribution < -0.4 is 16.0 Å². The Morgan fingerprint density at radius 2 is 1.92 bits per heavy atom. The van der Waals surface area contributed by atoms with Crippen molar-refractivity contribution < 1.29 is 9.59 Å². The predicted molar refractivity (Wildman–Crippen MR) is 49.4 cm³/mol. The molecule has 0 saturated carbocycles. The van der Waals surface area contributed by atoms with Gasteiger partial charge >= 0.3 is 6.03 Å². The Morgan fingerprint density at radius 1 is 1.25 bits per heavy atom. The minimum absolute atomic E-state index is 0.0892. The van der Waals surface area contributed by atoms with Gasteiger partial charge in [0.25, 0.3) is 5.24 Å². The third-order valence-corrected chi connectivity index (χ3v) is 1.93. The molecule has 3 amide bonds. The van der Waals surface area contributed by atoms with Crippen molar-refractivity contribution in [3.8, 4) is 0 Å². The van der Waals surface area contributed by atoms with Gasteiger partial charge in [-0.2, -0.15) is 0 Å². The molecular formula is C6H13N3O2S. The fraction of sp³-hybridized carbons (Fsp3) is 0.667. The van der Waals surface area contributed by atoms with Crippen LogP contribution in [0.15, 0.2) is 0 Å². The number of rotatable bonds is 3. The maximum Gasteiger partial charge on any atom is 0.314 e. The molecule has 0 aromatic rings. The van der Waals surface area contributed by atoms with Gasteiger partial charge < -0.3 is 16.0 Å². The Labute approximate surface area is 75.7 Å². The van der Waals surface area contributed by atoms with Gasteiger partial charge in [0.15, 0.2) is 0 Å². The van der Waals surface area contributed by atoms with Gasteiger partial charge in [0.2, 0.25) is 0 Å². The van der Waals surface area contributed by atoms with Crippen LogP contribution in [0.3, 0.4) is 0 Å². The van der Waals surface area contributed by atoms with Gasteiger partial charge in [-0.05, 0) is 0 Å². The quantitative estimate of drug-likeness (QED) is 0.549. The number of carbonyl (C=O) groups excluding carboxylic acids is 2. The first-order valence-corrected chi connectivity index (χ1v) is 4.49.